The topological polar surface area (TPSA) is 42.1 Å². The summed E-state index contributed by atoms with van der Waals surface area (Å²) >= 11 is 0. The Labute approximate surface area is 76.4 Å². The maximum absolute atomic E-state index is 12.7. The third kappa shape index (κ3) is 1.78. The Balaban J connectivity index is 2.16. The van der Waals surface area contributed by atoms with E-state index in [-0.39, 0.29) is 6.04 Å². The van der Waals surface area contributed by atoms with E-state index < -0.39 is 5.95 Å². The third-order valence-corrected chi connectivity index (χ3v) is 2.30. The highest BCUT2D eigenvalue weighted by Crippen LogP contribution is 2.18. The molecule has 0 amide bonds. The van der Waals surface area contributed by atoms with E-state index in [2.05, 4.69) is 9.88 Å². The van der Waals surface area contributed by atoms with Gasteiger partial charge in [0.15, 0.2) is 0 Å². The molecule has 4 heteroatoms. The molecule has 0 spiro atoms. The molecule has 1 aromatic rings. The first-order valence-corrected chi connectivity index (χ1v) is 4.38. The molecule has 1 aliphatic heterocycles. The van der Waals surface area contributed by atoms with Crippen molar-refractivity contribution in [2.45, 2.75) is 12.5 Å². The zero-order chi connectivity index (χ0) is 9.26. The van der Waals surface area contributed by atoms with Crippen LogP contribution in [0.15, 0.2) is 18.3 Å². The van der Waals surface area contributed by atoms with Crippen molar-refractivity contribution >= 4 is 5.69 Å². The lowest BCUT2D eigenvalue weighted by molar-refractivity contribution is 0.583. The van der Waals surface area contributed by atoms with Crippen LogP contribution in [-0.2, 0) is 0 Å². The number of hydrogen-bond acceptors (Lipinski definition) is 3. The van der Waals surface area contributed by atoms with Crippen molar-refractivity contribution in [1.82, 2.24) is 4.98 Å². The molecule has 1 aliphatic rings. The second-order valence-corrected chi connectivity index (χ2v) is 3.33. The Kier molecular flexibility index (Phi) is 2.14. The summed E-state index contributed by atoms with van der Waals surface area (Å²) in [5.74, 6) is -0.432. The highest BCUT2D eigenvalue weighted by Gasteiger charge is 2.19. The molecule has 3 nitrogen and oxygen atoms in total. The second-order valence-electron chi connectivity index (χ2n) is 3.33. The smallest absolute Gasteiger partial charge is 0.214 e. The molecule has 2 N–H and O–H groups in total. The fourth-order valence-corrected chi connectivity index (χ4v) is 1.61. The molecule has 0 aromatic carbocycles. The minimum Gasteiger partial charge on any atom is -0.370 e. The lowest BCUT2D eigenvalue weighted by Crippen LogP contribution is -2.26. The highest BCUT2D eigenvalue weighted by atomic mass is 19.1. The Morgan fingerprint density at radius 1 is 1.62 bits per heavy atom. The van der Waals surface area contributed by atoms with Crippen LogP contribution in [0, 0.1) is 5.95 Å². The largest absolute Gasteiger partial charge is 0.370 e. The van der Waals surface area contributed by atoms with Crippen LogP contribution in [0.1, 0.15) is 6.42 Å². The lowest BCUT2D eigenvalue weighted by atomic mass is 10.3. The normalized spacial score (nSPS) is 22.3. The fourth-order valence-electron chi connectivity index (χ4n) is 1.61. The molecule has 2 rings (SSSR count). The molecule has 1 unspecified atom stereocenters. The average Bonchev–Trinajstić information content (AvgIpc) is 2.52. The molecule has 0 bridgehead atoms. The summed E-state index contributed by atoms with van der Waals surface area (Å²) < 4.78 is 12.7. The molecule has 0 radical (unpaired) electrons. The zero-order valence-corrected chi connectivity index (χ0v) is 7.28. The van der Waals surface area contributed by atoms with Gasteiger partial charge in [-0.05, 0) is 12.5 Å². The summed E-state index contributed by atoms with van der Waals surface area (Å²) in [5, 5.41) is 0. The first kappa shape index (κ1) is 8.44. The molecule has 0 saturated carbocycles. The van der Waals surface area contributed by atoms with Crippen LogP contribution in [-0.4, -0.2) is 24.1 Å². The van der Waals surface area contributed by atoms with Crippen molar-refractivity contribution in [2.24, 2.45) is 5.73 Å². The van der Waals surface area contributed by atoms with Gasteiger partial charge in [-0.15, -0.1) is 0 Å². The van der Waals surface area contributed by atoms with Gasteiger partial charge in [0.2, 0.25) is 5.95 Å². The molecule has 1 atom stereocenters. The van der Waals surface area contributed by atoms with Crippen molar-refractivity contribution in [3.05, 3.63) is 24.3 Å². The Morgan fingerprint density at radius 3 is 3.08 bits per heavy atom. The van der Waals surface area contributed by atoms with Crippen molar-refractivity contribution < 1.29 is 4.39 Å². The van der Waals surface area contributed by atoms with E-state index in [1.807, 2.05) is 0 Å². The van der Waals surface area contributed by atoms with Crippen molar-refractivity contribution in [3.8, 4) is 0 Å². The van der Waals surface area contributed by atoms with Gasteiger partial charge in [-0.3, -0.25) is 0 Å². The van der Waals surface area contributed by atoms with E-state index in [1.165, 1.54) is 12.3 Å². The van der Waals surface area contributed by atoms with Gasteiger partial charge in [0.05, 0.1) is 0 Å². The Bertz CT molecular complexity index is 303. The van der Waals surface area contributed by atoms with Crippen LogP contribution in [0.3, 0.4) is 0 Å². The second kappa shape index (κ2) is 3.30. The van der Waals surface area contributed by atoms with Gasteiger partial charge >= 0.3 is 0 Å². The van der Waals surface area contributed by atoms with Crippen LogP contribution >= 0.6 is 0 Å². The molecule has 0 aliphatic carbocycles. The predicted octanol–water partition coefficient (Wildman–Crippen LogP) is 0.758. The van der Waals surface area contributed by atoms with Gasteiger partial charge in [-0.1, -0.05) is 0 Å². The number of aromatic nitrogens is 1. The maximum atomic E-state index is 12.7. The van der Waals surface area contributed by atoms with Crippen LogP contribution in [0.25, 0.3) is 0 Å². The Hall–Kier alpha value is -1.16. The van der Waals surface area contributed by atoms with Gasteiger partial charge in [-0.25, -0.2) is 4.98 Å². The van der Waals surface area contributed by atoms with E-state index in [1.54, 1.807) is 6.07 Å². The number of hydrogen-bond donors (Lipinski definition) is 1. The van der Waals surface area contributed by atoms with E-state index >= 15 is 0 Å². The van der Waals surface area contributed by atoms with Gasteiger partial charge in [-0.2, -0.15) is 4.39 Å². The minimum atomic E-state index is -0.432. The summed E-state index contributed by atoms with van der Waals surface area (Å²) in [6, 6.07) is 3.47. The van der Waals surface area contributed by atoms with Crippen LogP contribution in [0.5, 0.6) is 0 Å². The van der Waals surface area contributed by atoms with Crippen molar-refractivity contribution in [2.75, 3.05) is 18.0 Å². The summed E-state index contributed by atoms with van der Waals surface area (Å²) in [6.07, 6.45) is 2.46. The van der Waals surface area contributed by atoms with Crippen LogP contribution < -0.4 is 10.6 Å². The minimum absolute atomic E-state index is 0.219. The van der Waals surface area contributed by atoms with Crippen LogP contribution in [0.2, 0.25) is 0 Å². The number of nitrogens with two attached hydrogens (primary N) is 1. The Morgan fingerprint density at radius 2 is 2.46 bits per heavy atom. The molecule has 2 heterocycles. The zero-order valence-electron chi connectivity index (χ0n) is 7.28. The number of halogens is 1. The predicted molar refractivity (Wildman–Crippen MR) is 49.0 cm³/mol. The highest BCUT2D eigenvalue weighted by molar-refractivity contribution is 5.46. The standard InChI is InChI=1S/C9H12FN3/c10-9-5-8(1-3-12-9)13-4-2-7(11)6-13/h1,3,5,7H,2,4,6,11H2. The van der Waals surface area contributed by atoms with E-state index in [9.17, 15) is 4.39 Å². The molecule has 1 aromatic heterocycles. The summed E-state index contributed by atoms with van der Waals surface area (Å²) in [7, 11) is 0. The van der Waals surface area contributed by atoms with E-state index in [0.717, 1.165) is 25.2 Å². The number of rotatable bonds is 1. The molecule has 70 valence electrons. The molecular formula is C9H12FN3. The van der Waals surface area contributed by atoms with Crippen molar-refractivity contribution in [3.63, 3.8) is 0 Å². The van der Waals surface area contributed by atoms with Crippen molar-refractivity contribution in [1.29, 1.82) is 0 Å². The van der Waals surface area contributed by atoms with Crippen LogP contribution in [0.4, 0.5) is 10.1 Å². The lowest BCUT2D eigenvalue weighted by Gasteiger charge is -2.17. The van der Waals surface area contributed by atoms with E-state index in [4.69, 9.17) is 5.73 Å². The summed E-state index contributed by atoms with van der Waals surface area (Å²) in [6.45, 7) is 1.72. The van der Waals surface area contributed by atoms with E-state index in [0.29, 0.717) is 0 Å². The fraction of sp³-hybridized carbons (Fsp3) is 0.444. The molecule has 1 fully saturated rings. The molecule has 1 saturated heterocycles. The van der Waals surface area contributed by atoms with Gasteiger partial charge in [0.1, 0.15) is 0 Å². The number of anilines is 1. The van der Waals surface area contributed by atoms with Gasteiger partial charge < -0.3 is 10.6 Å². The quantitative estimate of drug-likeness (QED) is 0.650. The summed E-state index contributed by atoms with van der Waals surface area (Å²) in [5.41, 5.74) is 6.62. The molecular weight excluding hydrogens is 169 g/mol. The monoisotopic (exact) mass is 181 g/mol. The molecule has 13 heavy (non-hydrogen) atoms. The first-order valence-electron chi connectivity index (χ1n) is 4.38. The van der Waals surface area contributed by atoms with Gasteiger partial charge in [0.25, 0.3) is 0 Å². The maximum Gasteiger partial charge on any atom is 0.214 e. The average molecular weight is 181 g/mol. The first-order chi connectivity index (χ1) is 6.25. The number of nitrogens with zero attached hydrogens (tertiary/aromatic N) is 2. The van der Waals surface area contributed by atoms with Gasteiger partial charge in [0, 0.05) is 37.1 Å². The third-order valence-electron chi connectivity index (χ3n) is 2.30. The number of pyridine rings is 1. The summed E-state index contributed by atoms with van der Waals surface area (Å²) in [4.78, 5) is 5.58. The SMILES string of the molecule is NC1CCN(c2ccnc(F)c2)C1.